The Kier molecular flexibility index (Phi) is 4.29. The summed E-state index contributed by atoms with van der Waals surface area (Å²) in [5.74, 6) is 0.00914. The molecule has 0 spiro atoms. The van der Waals surface area contributed by atoms with E-state index in [0.717, 1.165) is 25.2 Å². The van der Waals surface area contributed by atoms with Gasteiger partial charge < -0.3 is 10.2 Å². The van der Waals surface area contributed by atoms with Gasteiger partial charge in [-0.25, -0.2) is 0 Å². The maximum atomic E-state index is 11.6. The van der Waals surface area contributed by atoms with Crippen molar-refractivity contribution in [3.8, 4) is 6.07 Å². The van der Waals surface area contributed by atoms with E-state index in [2.05, 4.69) is 28.4 Å². The minimum Gasteiger partial charge on any atom is -0.379 e. The first-order chi connectivity index (χ1) is 11.2. The number of anilines is 2. The van der Waals surface area contributed by atoms with Gasteiger partial charge >= 0.3 is 0 Å². The van der Waals surface area contributed by atoms with Crippen LogP contribution in [0.2, 0.25) is 0 Å². The Labute approximate surface area is 136 Å². The standard InChI is InChI=1S/C19H19N3O/c1-14(23)15-7-8-16(12-20)19(11-15)21-17-9-10-22(13-17)18-5-3-2-4-6-18/h2-8,11,17,21H,9-10,13H2,1H3. The van der Waals surface area contributed by atoms with Crippen molar-refractivity contribution in [1.82, 2.24) is 0 Å². The summed E-state index contributed by atoms with van der Waals surface area (Å²) in [5, 5.41) is 12.7. The Morgan fingerprint density at radius 1 is 1.26 bits per heavy atom. The summed E-state index contributed by atoms with van der Waals surface area (Å²) in [4.78, 5) is 13.9. The smallest absolute Gasteiger partial charge is 0.159 e. The molecule has 0 aromatic heterocycles. The zero-order valence-corrected chi connectivity index (χ0v) is 13.1. The van der Waals surface area contributed by atoms with Crippen LogP contribution in [-0.4, -0.2) is 24.9 Å². The summed E-state index contributed by atoms with van der Waals surface area (Å²) < 4.78 is 0. The molecule has 1 heterocycles. The van der Waals surface area contributed by atoms with Crippen LogP contribution in [0.25, 0.3) is 0 Å². The fraction of sp³-hybridized carbons (Fsp3) is 0.263. The van der Waals surface area contributed by atoms with Gasteiger partial charge in [-0.15, -0.1) is 0 Å². The molecule has 0 bridgehead atoms. The summed E-state index contributed by atoms with van der Waals surface area (Å²) in [7, 11) is 0. The fourth-order valence-corrected chi connectivity index (χ4v) is 2.95. The molecule has 2 aromatic rings. The molecule has 0 saturated carbocycles. The highest BCUT2D eigenvalue weighted by atomic mass is 16.1. The maximum Gasteiger partial charge on any atom is 0.159 e. The summed E-state index contributed by atoms with van der Waals surface area (Å²) >= 11 is 0. The van der Waals surface area contributed by atoms with Crippen molar-refractivity contribution < 1.29 is 4.79 Å². The molecule has 1 unspecified atom stereocenters. The van der Waals surface area contributed by atoms with Crippen LogP contribution >= 0.6 is 0 Å². The molecular formula is C19H19N3O. The van der Waals surface area contributed by atoms with E-state index < -0.39 is 0 Å². The lowest BCUT2D eigenvalue weighted by atomic mass is 10.1. The third-order valence-corrected chi connectivity index (χ3v) is 4.22. The van der Waals surface area contributed by atoms with Gasteiger partial charge in [0.05, 0.1) is 11.3 Å². The fourth-order valence-electron chi connectivity index (χ4n) is 2.95. The van der Waals surface area contributed by atoms with E-state index in [4.69, 9.17) is 0 Å². The zero-order valence-electron chi connectivity index (χ0n) is 13.1. The first-order valence-electron chi connectivity index (χ1n) is 7.79. The van der Waals surface area contributed by atoms with Gasteiger partial charge in [0.2, 0.25) is 0 Å². The van der Waals surface area contributed by atoms with Gasteiger partial charge in [-0.1, -0.05) is 18.2 Å². The molecule has 1 aliphatic rings. The Balaban J connectivity index is 1.74. The molecule has 0 amide bonds. The average Bonchev–Trinajstić information content (AvgIpc) is 3.04. The molecule has 23 heavy (non-hydrogen) atoms. The second kappa shape index (κ2) is 6.53. The highest BCUT2D eigenvalue weighted by Crippen LogP contribution is 2.24. The zero-order chi connectivity index (χ0) is 16.2. The molecule has 116 valence electrons. The van der Waals surface area contributed by atoms with Crippen molar-refractivity contribution >= 4 is 17.2 Å². The molecule has 1 saturated heterocycles. The van der Waals surface area contributed by atoms with Crippen molar-refractivity contribution in [1.29, 1.82) is 5.26 Å². The lowest BCUT2D eigenvalue weighted by Gasteiger charge is -2.20. The topological polar surface area (TPSA) is 56.1 Å². The number of hydrogen-bond acceptors (Lipinski definition) is 4. The van der Waals surface area contributed by atoms with Gasteiger partial charge in [0.25, 0.3) is 0 Å². The molecule has 1 aliphatic heterocycles. The van der Waals surface area contributed by atoms with Crippen LogP contribution in [0.3, 0.4) is 0 Å². The van der Waals surface area contributed by atoms with E-state index in [9.17, 15) is 10.1 Å². The second-order valence-electron chi connectivity index (χ2n) is 5.84. The molecule has 1 N–H and O–H groups in total. The minimum atomic E-state index is 0.00914. The number of nitriles is 1. The lowest BCUT2D eigenvalue weighted by Crippen LogP contribution is -2.26. The van der Waals surface area contributed by atoms with Crippen LogP contribution in [0.15, 0.2) is 48.5 Å². The Hall–Kier alpha value is -2.80. The van der Waals surface area contributed by atoms with Gasteiger partial charge in [0.15, 0.2) is 5.78 Å². The van der Waals surface area contributed by atoms with E-state index in [1.807, 2.05) is 18.2 Å². The molecule has 0 aliphatic carbocycles. The van der Waals surface area contributed by atoms with Crippen LogP contribution < -0.4 is 10.2 Å². The van der Waals surface area contributed by atoms with Gasteiger partial charge in [0.1, 0.15) is 6.07 Å². The number of benzene rings is 2. The van der Waals surface area contributed by atoms with E-state index in [1.165, 1.54) is 12.6 Å². The maximum absolute atomic E-state index is 11.6. The third kappa shape index (κ3) is 3.35. The van der Waals surface area contributed by atoms with Crippen molar-refractivity contribution in [3.05, 3.63) is 59.7 Å². The SMILES string of the molecule is CC(=O)c1ccc(C#N)c(NC2CCN(c3ccccc3)C2)c1. The normalized spacial score (nSPS) is 16.9. The van der Waals surface area contributed by atoms with Crippen LogP contribution in [0.5, 0.6) is 0 Å². The molecular weight excluding hydrogens is 286 g/mol. The number of Topliss-reactive ketones (excluding diaryl/α,β-unsaturated/α-hetero) is 1. The molecule has 0 radical (unpaired) electrons. The molecule has 3 rings (SSSR count). The molecule has 1 fully saturated rings. The van der Waals surface area contributed by atoms with Crippen molar-refractivity contribution in [2.24, 2.45) is 0 Å². The van der Waals surface area contributed by atoms with Gasteiger partial charge in [0, 0.05) is 30.4 Å². The Morgan fingerprint density at radius 3 is 2.74 bits per heavy atom. The number of carbonyl (C=O) groups is 1. The average molecular weight is 305 g/mol. The quantitative estimate of drug-likeness (QED) is 0.879. The van der Waals surface area contributed by atoms with E-state index in [1.54, 1.807) is 18.2 Å². The van der Waals surface area contributed by atoms with E-state index >= 15 is 0 Å². The monoisotopic (exact) mass is 305 g/mol. The van der Waals surface area contributed by atoms with E-state index in [0.29, 0.717) is 11.1 Å². The predicted molar refractivity (Wildman–Crippen MR) is 91.8 cm³/mol. The molecule has 1 atom stereocenters. The summed E-state index contributed by atoms with van der Waals surface area (Å²) in [6.45, 7) is 3.41. The van der Waals surface area contributed by atoms with Gasteiger partial charge in [-0.3, -0.25) is 4.79 Å². The number of ketones is 1. The number of nitrogens with one attached hydrogen (secondary N) is 1. The third-order valence-electron chi connectivity index (χ3n) is 4.22. The number of hydrogen-bond donors (Lipinski definition) is 1. The first kappa shape index (κ1) is 15.1. The summed E-state index contributed by atoms with van der Waals surface area (Å²) in [6.07, 6.45) is 1.00. The Morgan fingerprint density at radius 2 is 2.04 bits per heavy atom. The first-order valence-corrected chi connectivity index (χ1v) is 7.79. The number of para-hydroxylation sites is 1. The number of nitrogens with zero attached hydrogens (tertiary/aromatic N) is 2. The van der Waals surface area contributed by atoms with Crippen molar-refractivity contribution in [2.45, 2.75) is 19.4 Å². The highest BCUT2D eigenvalue weighted by Gasteiger charge is 2.23. The van der Waals surface area contributed by atoms with Crippen LogP contribution in [-0.2, 0) is 0 Å². The largest absolute Gasteiger partial charge is 0.379 e. The van der Waals surface area contributed by atoms with Crippen LogP contribution in [0.1, 0.15) is 29.3 Å². The summed E-state index contributed by atoms with van der Waals surface area (Å²) in [6, 6.07) is 18.0. The van der Waals surface area contributed by atoms with Crippen LogP contribution in [0, 0.1) is 11.3 Å². The van der Waals surface area contributed by atoms with Gasteiger partial charge in [-0.2, -0.15) is 5.26 Å². The van der Waals surface area contributed by atoms with Crippen LogP contribution in [0.4, 0.5) is 11.4 Å². The number of rotatable bonds is 4. The molecule has 2 aromatic carbocycles. The lowest BCUT2D eigenvalue weighted by molar-refractivity contribution is 0.101. The highest BCUT2D eigenvalue weighted by molar-refractivity contribution is 5.95. The Bertz CT molecular complexity index is 749. The summed E-state index contributed by atoms with van der Waals surface area (Å²) in [5.41, 5.74) is 3.17. The predicted octanol–water partition coefficient (Wildman–Crippen LogP) is 3.45. The van der Waals surface area contributed by atoms with Crippen molar-refractivity contribution in [2.75, 3.05) is 23.3 Å². The molecule has 4 heteroatoms. The van der Waals surface area contributed by atoms with Gasteiger partial charge in [-0.05, 0) is 43.7 Å². The number of carbonyl (C=O) groups excluding carboxylic acids is 1. The van der Waals surface area contributed by atoms with E-state index in [-0.39, 0.29) is 11.8 Å². The minimum absolute atomic E-state index is 0.00914. The second-order valence-corrected chi connectivity index (χ2v) is 5.84. The molecule has 4 nitrogen and oxygen atoms in total. The van der Waals surface area contributed by atoms with Crippen molar-refractivity contribution in [3.63, 3.8) is 0 Å².